The highest BCUT2D eigenvalue weighted by molar-refractivity contribution is 6.21. The van der Waals surface area contributed by atoms with Gasteiger partial charge in [-0.1, -0.05) is 18.7 Å². The van der Waals surface area contributed by atoms with Gasteiger partial charge in [-0.2, -0.15) is 0 Å². The molecule has 2 amide bonds. The highest BCUT2D eigenvalue weighted by Crippen LogP contribution is 2.21. The van der Waals surface area contributed by atoms with Gasteiger partial charge < -0.3 is 42.6 Å². The highest BCUT2D eigenvalue weighted by atomic mass is 16.6. The molecule has 12 heteroatoms. The topological polar surface area (TPSA) is 120 Å². The summed E-state index contributed by atoms with van der Waals surface area (Å²) in [5, 5.41) is 0. The summed E-state index contributed by atoms with van der Waals surface area (Å²) in [7, 11) is 0. The van der Waals surface area contributed by atoms with Crippen LogP contribution in [-0.4, -0.2) is 136 Å². The number of ether oxygens (including phenoxy) is 9. The Bertz CT molecular complexity index is 788. The van der Waals surface area contributed by atoms with E-state index in [0.29, 0.717) is 117 Å². The zero-order chi connectivity index (χ0) is 28.5. The van der Waals surface area contributed by atoms with Crippen LogP contribution >= 0.6 is 0 Å². The van der Waals surface area contributed by atoms with Gasteiger partial charge in [0.15, 0.2) is 0 Å². The molecule has 0 spiro atoms. The Morgan fingerprint density at radius 3 is 1.12 bits per heavy atom. The second-order valence-electron chi connectivity index (χ2n) is 8.24. The highest BCUT2D eigenvalue weighted by Gasteiger charge is 2.34. The van der Waals surface area contributed by atoms with E-state index in [0.717, 1.165) is 0 Å². The van der Waals surface area contributed by atoms with E-state index in [-0.39, 0.29) is 25.0 Å². The van der Waals surface area contributed by atoms with E-state index in [4.69, 9.17) is 42.6 Å². The number of rotatable bonds is 28. The third-order valence-corrected chi connectivity index (χ3v) is 5.40. The number of hydrogen-bond donors (Lipinski definition) is 0. The molecule has 1 aliphatic rings. The van der Waals surface area contributed by atoms with Gasteiger partial charge in [-0.15, -0.1) is 0 Å². The van der Waals surface area contributed by atoms with Gasteiger partial charge in [0.25, 0.3) is 11.8 Å². The first-order valence-electron chi connectivity index (χ1n) is 13.6. The van der Waals surface area contributed by atoms with Crippen LogP contribution in [-0.2, 0) is 42.6 Å². The predicted octanol–water partition coefficient (Wildman–Crippen LogP) is 1.58. The Morgan fingerprint density at radius 1 is 0.500 bits per heavy atom. The second-order valence-corrected chi connectivity index (χ2v) is 8.24. The lowest BCUT2D eigenvalue weighted by Crippen LogP contribution is -2.33. The van der Waals surface area contributed by atoms with Crippen LogP contribution in [0.15, 0.2) is 37.1 Å². The van der Waals surface area contributed by atoms with Crippen molar-refractivity contribution in [1.82, 2.24) is 4.90 Å². The fraction of sp³-hybridized carbons (Fsp3) is 0.643. The zero-order valence-corrected chi connectivity index (χ0v) is 23.3. The SMILES string of the molecule is C=COCCOCCOCCOCCOCCOCCOCCOCCOCCN1C(=O)c2ccccc2C1=O. The Balaban J connectivity index is 1.22. The molecule has 0 fully saturated rings. The van der Waals surface area contributed by atoms with Gasteiger partial charge in [-0.25, -0.2) is 0 Å². The van der Waals surface area contributed by atoms with Gasteiger partial charge in [0.1, 0.15) is 6.61 Å². The number of amides is 2. The van der Waals surface area contributed by atoms with Crippen LogP contribution < -0.4 is 0 Å². The fourth-order valence-electron chi connectivity index (χ4n) is 3.43. The predicted molar refractivity (Wildman–Crippen MR) is 145 cm³/mol. The lowest BCUT2D eigenvalue weighted by Gasteiger charge is -2.13. The molecule has 0 radical (unpaired) electrons. The number of nitrogens with zero attached hydrogens (tertiary/aromatic N) is 1. The Kier molecular flexibility index (Phi) is 19.7. The molecule has 0 aromatic heterocycles. The van der Waals surface area contributed by atoms with Crippen LogP contribution in [0, 0.1) is 0 Å². The van der Waals surface area contributed by atoms with Crippen molar-refractivity contribution < 1.29 is 52.2 Å². The molecule has 12 nitrogen and oxygen atoms in total. The minimum atomic E-state index is -0.276. The molecule has 40 heavy (non-hydrogen) atoms. The summed E-state index contributed by atoms with van der Waals surface area (Å²) < 4.78 is 48.3. The van der Waals surface area contributed by atoms with Crippen LogP contribution in [0.3, 0.4) is 0 Å². The van der Waals surface area contributed by atoms with Gasteiger partial charge in [0.2, 0.25) is 0 Å². The van der Waals surface area contributed by atoms with Gasteiger partial charge in [0, 0.05) is 0 Å². The molecule has 1 aromatic rings. The summed E-state index contributed by atoms with van der Waals surface area (Å²) in [6.45, 7) is 11.6. The first-order chi connectivity index (χ1) is 19.8. The maximum atomic E-state index is 12.3. The average Bonchev–Trinajstić information content (AvgIpc) is 3.21. The fourth-order valence-corrected chi connectivity index (χ4v) is 3.43. The van der Waals surface area contributed by atoms with Gasteiger partial charge in [-0.05, 0) is 12.1 Å². The van der Waals surface area contributed by atoms with Crippen LogP contribution in [0.1, 0.15) is 20.7 Å². The van der Waals surface area contributed by atoms with E-state index < -0.39 is 0 Å². The summed E-state index contributed by atoms with van der Waals surface area (Å²) in [5.41, 5.74) is 0.887. The van der Waals surface area contributed by atoms with Gasteiger partial charge in [0.05, 0.1) is 130 Å². The first-order valence-corrected chi connectivity index (χ1v) is 13.6. The third-order valence-electron chi connectivity index (χ3n) is 5.40. The maximum Gasteiger partial charge on any atom is 0.261 e. The van der Waals surface area contributed by atoms with Crippen molar-refractivity contribution in [2.75, 3.05) is 119 Å². The quantitative estimate of drug-likeness (QED) is 0.0831. The number of hydrogen-bond acceptors (Lipinski definition) is 11. The minimum Gasteiger partial charge on any atom is -0.499 e. The second kappa shape index (κ2) is 23.3. The molecular weight excluding hydrogens is 526 g/mol. The molecule has 1 aliphatic heterocycles. The summed E-state index contributed by atoms with van der Waals surface area (Å²) in [6, 6.07) is 6.82. The number of carbonyl (C=O) groups excluding carboxylic acids is 2. The monoisotopic (exact) mass is 569 g/mol. The molecular formula is C28H43NO11. The third kappa shape index (κ3) is 14.8. The maximum absolute atomic E-state index is 12.3. The number of benzene rings is 1. The number of carbonyl (C=O) groups is 2. The smallest absolute Gasteiger partial charge is 0.261 e. The molecule has 226 valence electrons. The van der Waals surface area contributed by atoms with Crippen molar-refractivity contribution in [3.8, 4) is 0 Å². The van der Waals surface area contributed by atoms with E-state index in [1.165, 1.54) is 11.2 Å². The van der Waals surface area contributed by atoms with Crippen molar-refractivity contribution in [1.29, 1.82) is 0 Å². The van der Waals surface area contributed by atoms with Crippen LogP contribution in [0.25, 0.3) is 0 Å². The van der Waals surface area contributed by atoms with Crippen molar-refractivity contribution in [2.45, 2.75) is 0 Å². The Morgan fingerprint density at radius 2 is 0.800 bits per heavy atom. The lowest BCUT2D eigenvalue weighted by atomic mass is 10.1. The van der Waals surface area contributed by atoms with E-state index in [2.05, 4.69) is 6.58 Å². The van der Waals surface area contributed by atoms with E-state index in [9.17, 15) is 9.59 Å². The Labute approximate surface area is 236 Å². The molecule has 1 aromatic carbocycles. The number of imide groups is 1. The minimum absolute atomic E-state index is 0.217. The van der Waals surface area contributed by atoms with Crippen molar-refractivity contribution in [3.63, 3.8) is 0 Å². The molecule has 0 unspecified atom stereocenters. The van der Waals surface area contributed by atoms with Crippen LogP contribution in [0.4, 0.5) is 0 Å². The number of fused-ring (bicyclic) bond motifs is 1. The molecule has 0 saturated carbocycles. The molecule has 0 atom stereocenters. The standard InChI is InChI=1S/C28H43NO11/c1-2-32-9-10-34-13-14-36-17-18-38-21-22-40-24-23-39-20-19-37-16-15-35-12-11-33-8-7-29-27(30)25-5-3-4-6-26(25)28(29)31/h2-6H,1,7-24H2. The molecule has 0 saturated heterocycles. The van der Waals surface area contributed by atoms with Crippen LogP contribution in [0.5, 0.6) is 0 Å². The summed E-state index contributed by atoms with van der Waals surface area (Å²) in [5.74, 6) is -0.552. The van der Waals surface area contributed by atoms with Crippen molar-refractivity contribution in [3.05, 3.63) is 48.2 Å². The molecule has 2 rings (SSSR count). The summed E-state index contributed by atoms with van der Waals surface area (Å²) in [4.78, 5) is 25.7. The van der Waals surface area contributed by atoms with E-state index in [1.807, 2.05) is 0 Å². The molecule has 0 N–H and O–H groups in total. The van der Waals surface area contributed by atoms with E-state index >= 15 is 0 Å². The summed E-state index contributed by atoms with van der Waals surface area (Å²) >= 11 is 0. The van der Waals surface area contributed by atoms with Crippen molar-refractivity contribution >= 4 is 11.8 Å². The first kappa shape index (κ1) is 33.8. The molecule has 1 heterocycles. The zero-order valence-electron chi connectivity index (χ0n) is 23.3. The normalized spacial score (nSPS) is 12.8. The van der Waals surface area contributed by atoms with Gasteiger partial charge >= 0.3 is 0 Å². The summed E-state index contributed by atoms with van der Waals surface area (Å²) in [6.07, 6.45) is 1.39. The average molecular weight is 570 g/mol. The van der Waals surface area contributed by atoms with Gasteiger partial charge in [-0.3, -0.25) is 14.5 Å². The van der Waals surface area contributed by atoms with E-state index in [1.54, 1.807) is 24.3 Å². The molecule has 0 aliphatic carbocycles. The molecule has 0 bridgehead atoms. The van der Waals surface area contributed by atoms with Crippen LogP contribution in [0.2, 0.25) is 0 Å². The Hall–Kier alpha value is -2.42. The largest absolute Gasteiger partial charge is 0.499 e. The van der Waals surface area contributed by atoms with Crippen molar-refractivity contribution in [2.24, 2.45) is 0 Å². The lowest BCUT2D eigenvalue weighted by molar-refractivity contribution is -0.0241.